The number of halogens is 1. The molecule has 1 N–H and O–H groups in total. The zero-order valence-electron chi connectivity index (χ0n) is 18.3. The van der Waals surface area contributed by atoms with Gasteiger partial charge in [-0.25, -0.2) is 4.98 Å². The number of anilines is 3. The van der Waals surface area contributed by atoms with Gasteiger partial charge in [0.25, 0.3) is 11.6 Å². The predicted molar refractivity (Wildman–Crippen MR) is 127 cm³/mol. The number of aromatic nitrogens is 2. The summed E-state index contributed by atoms with van der Waals surface area (Å²) in [5.74, 6) is 1.06. The van der Waals surface area contributed by atoms with Crippen molar-refractivity contribution in [2.75, 3.05) is 36.4 Å². The molecule has 1 amide bonds. The van der Waals surface area contributed by atoms with E-state index < -0.39 is 4.92 Å². The summed E-state index contributed by atoms with van der Waals surface area (Å²) in [4.78, 5) is 36.2. The first-order valence-electron chi connectivity index (χ1n) is 10.5. The summed E-state index contributed by atoms with van der Waals surface area (Å²) in [6.45, 7) is 6.00. The Balaban J connectivity index is 1.43. The molecular weight excluding hydrogens is 444 g/mol. The Morgan fingerprint density at radius 1 is 1.03 bits per heavy atom. The number of nitrogens with zero attached hydrogens (tertiary/aromatic N) is 5. The maximum absolute atomic E-state index is 12.9. The SMILES string of the molecule is Cc1ccc(Nc2cc(C)nc(N3CCN(C(=O)c4ccc([N+](=O)[O-])cc4Cl)CC3)n2)cc1. The van der Waals surface area contributed by atoms with E-state index in [2.05, 4.69) is 15.3 Å². The molecule has 0 spiro atoms. The van der Waals surface area contributed by atoms with Gasteiger partial charge in [0.15, 0.2) is 0 Å². The first-order valence-corrected chi connectivity index (χ1v) is 10.9. The highest BCUT2D eigenvalue weighted by Crippen LogP contribution is 2.25. The van der Waals surface area contributed by atoms with Crippen LogP contribution in [-0.2, 0) is 0 Å². The van der Waals surface area contributed by atoms with E-state index in [9.17, 15) is 14.9 Å². The number of nitro groups is 1. The fraction of sp³-hybridized carbons (Fsp3) is 0.261. The average molecular weight is 467 g/mol. The van der Waals surface area contributed by atoms with Gasteiger partial charge in [-0.05, 0) is 32.0 Å². The average Bonchev–Trinajstić information content (AvgIpc) is 2.80. The monoisotopic (exact) mass is 466 g/mol. The van der Waals surface area contributed by atoms with Crippen molar-refractivity contribution in [3.8, 4) is 0 Å². The Morgan fingerprint density at radius 2 is 1.73 bits per heavy atom. The van der Waals surface area contributed by atoms with Crippen LogP contribution in [0.15, 0.2) is 48.5 Å². The van der Waals surface area contributed by atoms with E-state index in [1.54, 1.807) is 4.90 Å². The van der Waals surface area contributed by atoms with Gasteiger partial charge in [0.1, 0.15) is 5.82 Å². The van der Waals surface area contributed by atoms with Gasteiger partial charge in [0.2, 0.25) is 5.95 Å². The minimum Gasteiger partial charge on any atom is -0.340 e. The van der Waals surface area contributed by atoms with Crippen LogP contribution in [0, 0.1) is 24.0 Å². The van der Waals surface area contributed by atoms with Crippen LogP contribution in [0.25, 0.3) is 0 Å². The van der Waals surface area contributed by atoms with E-state index in [1.807, 2.05) is 49.1 Å². The van der Waals surface area contributed by atoms with Gasteiger partial charge in [-0.1, -0.05) is 29.3 Å². The van der Waals surface area contributed by atoms with Gasteiger partial charge in [-0.3, -0.25) is 14.9 Å². The zero-order chi connectivity index (χ0) is 23.5. The predicted octanol–water partition coefficient (Wildman–Crippen LogP) is 4.36. The third-order valence-electron chi connectivity index (χ3n) is 5.41. The van der Waals surface area contributed by atoms with E-state index >= 15 is 0 Å². The van der Waals surface area contributed by atoms with Gasteiger partial charge in [-0.15, -0.1) is 0 Å². The fourth-order valence-electron chi connectivity index (χ4n) is 3.61. The van der Waals surface area contributed by atoms with Crippen molar-refractivity contribution in [2.45, 2.75) is 13.8 Å². The number of carbonyl (C=O) groups excluding carboxylic acids is 1. The molecule has 10 heteroatoms. The lowest BCUT2D eigenvalue weighted by molar-refractivity contribution is -0.384. The first-order chi connectivity index (χ1) is 15.8. The van der Waals surface area contributed by atoms with Crippen molar-refractivity contribution in [1.82, 2.24) is 14.9 Å². The topological polar surface area (TPSA) is 105 Å². The lowest BCUT2D eigenvalue weighted by Gasteiger charge is -2.35. The molecule has 1 saturated heterocycles. The van der Waals surface area contributed by atoms with Crippen LogP contribution in [0.4, 0.5) is 23.1 Å². The third-order valence-corrected chi connectivity index (χ3v) is 5.72. The minimum absolute atomic E-state index is 0.0745. The molecule has 0 unspecified atom stereocenters. The Hall–Kier alpha value is -3.72. The Bertz CT molecular complexity index is 1190. The molecule has 170 valence electrons. The molecule has 9 nitrogen and oxygen atoms in total. The fourth-order valence-corrected chi connectivity index (χ4v) is 3.87. The smallest absolute Gasteiger partial charge is 0.270 e. The van der Waals surface area contributed by atoms with Crippen LogP contribution in [0.3, 0.4) is 0 Å². The minimum atomic E-state index is -0.539. The number of hydrogen-bond donors (Lipinski definition) is 1. The lowest BCUT2D eigenvalue weighted by atomic mass is 10.1. The molecule has 1 aliphatic rings. The molecule has 33 heavy (non-hydrogen) atoms. The third kappa shape index (κ3) is 5.20. The van der Waals surface area contributed by atoms with Gasteiger partial charge in [-0.2, -0.15) is 4.98 Å². The molecule has 0 bridgehead atoms. The van der Waals surface area contributed by atoms with Gasteiger partial charge >= 0.3 is 0 Å². The number of amides is 1. The largest absolute Gasteiger partial charge is 0.340 e. The number of nitrogens with one attached hydrogen (secondary N) is 1. The highest BCUT2D eigenvalue weighted by atomic mass is 35.5. The van der Waals surface area contributed by atoms with E-state index in [-0.39, 0.29) is 22.2 Å². The van der Waals surface area contributed by atoms with E-state index in [1.165, 1.54) is 23.8 Å². The number of benzene rings is 2. The van der Waals surface area contributed by atoms with Crippen molar-refractivity contribution in [3.63, 3.8) is 0 Å². The molecule has 0 radical (unpaired) electrons. The maximum atomic E-state index is 12.9. The van der Waals surface area contributed by atoms with Crippen LogP contribution < -0.4 is 10.2 Å². The number of nitro benzene ring substituents is 1. The molecule has 3 aromatic rings. The summed E-state index contributed by atoms with van der Waals surface area (Å²) in [6.07, 6.45) is 0. The van der Waals surface area contributed by atoms with Crippen LogP contribution in [0.2, 0.25) is 5.02 Å². The Morgan fingerprint density at radius 3 is 2.36 bits per heavy atom. The lowest BCUT2D eigenvalue weighted by Crippen LogP contribution is -2.49. The van der Waals surface area contributed by atoms with Gasteiger partial charge in [0, 0.05) is 55.8 Å². The molecule has 2 heterocycles. The maximum Gasteiger partial charge on any atom is 0.270 e. The Labute approximate surface area is 196 Å². The second-order valence-corrected chi connectivity index (χ2v) is 8.29. The van der Waals surface area contributed by atoms with Gasteiger partial charge < -0.3 is 15.1 Å². The summed E-state index contributed by atoms with van der Waals surface area (Å²) >= 11 is 6.13. The van der Waals surface area contributed by atoms with E-state index in [0.717, 1.165) is 11.4 Å². The van der Waals surface area contributed by atoms with Crippen LogP contribution >= 0.6 is 11.6 Å². The summed E-state index contributed by atoms with van der Waals surface area (Å²) in [5.41, 5.74) is 3.08. The summed E-state index contributed by atoms with van der Waals surface area (Å²) in [7, 11) is 0. The number of carbonyl (C=O) groups is 1. The number of aryl methyl sites for hydroxylation is 2. The number of hydrogen-bond acceptors (Lipinski definition) is 7. The summed E-state index contributed by atoms with van der Waals surface area (Å²) in [6, 6.07) is 13.9. The molecule has 1 aromatic heterocycles. The standard InChI is InChI=1S/C23H23ClN6O3/c1-15-3-5-17(6-4-15)26-21-13-16(2)25-23(27-21)29-11-9-28(10-12-29)22(31)19-8-7-18(30(32)33)14-20(19)24/h3-8,13-14H,9-12H2,1-2H3,(H,25,26,27). The number of rotatable bonds is 5. The molecular formula is C23H23ClN6O3. The molecule has 0 atom stereocenters. The van der Waals surface area contributed by atoms with Crippen LogP contribution in [0.5, 0.6) is 0 Å². The second kappa shape index (κ2) is 9.41. The van der Waals surface area contributed by atoms with E-state index in [4.69, 9.17) is 11.6 Å². The summed E-state index contributed by atoms with van der Waals surface area (Å²) in [5, 5.41) is 14.3. The normalized spacial score (nSPS) is 13.7. The van der Waals surface area contributed by atoms with Gasteiger partial charge in [0.05, 0.1) is 15.5 Å². The molecule has 1 aliphatic heterocycles. The highest BCUT2D eigenvalue weighted by Gasteiger charge is 2.26. The second-order valence-electron chi connectivity index (χ2n) is 7.89. The van der Waals surface area contributed by atoms with Crippen LogP contribution in [-0.4, -0.2) is 51.9 Å². The van der Waals surface area contributed by atoms with Crippen molar-refractivity contribution in [3.05, 3.63) is 80.5 Å². The highest BCUT2D eigenvalue weighted by molar-refractivity contribution is 6.34. The van der Waals surface area contributed by atoms with E-state index in [0.29, 0.717) is 37.9 Å². The molecule has 0 aliphatic carbocycles. The molecule has 0 saturated carbocycles. The van der Waals surface area contributed by atoms with Crippen molar-refractivity contribution < 1.29 is 9.72 Å². The number of non-ortho nitro benzene ring substituents is 1. The first kappa shape index (κ1) is 22.5. The molecule has 2 aromatic carbocycles. The van der Waals surface area contributed by atoms with Crippen molar-refractivity contribution >= 4 is 40.6 Å². The molecule has 4 rings (SSSR count). The van der Waals surface area contributed by atoms with Crippen LogP contribution in [0.1, 0.15) is 21.6 Å². The zero-order valence-corrected chi connectivity index (χ0v) is 19.0. The Kier molecular flexibility index (Phi) is 6.41. The van der Waals surface area contributed by atoms with Crippen molar-refractivity contribution in [1.29, 1.82) is 0 Å². The quantitative estimate of drug-likeness (QED) is 0.440. The number of piperazine rings is 1. The van der Waals surface area contributed by atoms with Crippen molar-refractivity contribution in [2.24, 2.45) is 0 Å². The molecule has 1 fully saturated rings. The summed E-state index contributed by atoms with van der Waals surface area (Å²) < 4.78 is 0.